The summed E-state index contributed by atoms with van der Waals surface area (Å²) in [6.07, 6.45) is 8.20. The van der Waals surface area contributed by atoms with Gasteiger partial charge in [0.15, 0.2) is 11.3 Å². The summed E-state index contributed by atoms with van der Waals surface area (Å²) < 4.78 is 1.83. The van der Waals surface area contributed by atoms with Gasteiger partial charge < -0.3 is 9.30 Å². The van der Waals surface area contributed by atoms with E-state index in [0.717, 1.165) is 12.5 Å². The Morgan fingerprint density at radius 1 is 1.40 bits per heavy atom. The van der Waals surface area contributed by atoms with Crippen molar-refractivity contribution < 1.29 is 4.79 Å². The normalized spacial score (nSPS) is 21.4. The molecule has 0 aromatic carbocycles. The van der Waals surface area contributed by atoms with E-state index in [1.54, 1.807) is 12.4 Å². The highest BCUT2D eigenvalue weighted by Gasteiger charge is 2.36. The second-order valence-corrected chi connectivity index (χ2v) is 5.96. The van der Waals surface area contributed by atoms with E-state index in [-0.39, 0.29) is 11.9 Å². The second kappa shape index (κ2) is 4.89. The van der Waals surface area contributed by atoms with E-state index in [1.165, 1.54) is 6.42 Å². The van der Waals surface area contributed by atoms with Crippen molar-refractivity contribution in [3.8, 4) is 0 Å². The maximum absolute atomic E-state index is 12.8. The first kappa shape index (κ1) is 13.1. The second-order valence-electron chi connectivity index (χ2n) is 5.96. The van der Waals surface area contributed by atoms with Crippen LogP contribution in [0.25, 0.3) is 5.65 Å². The molecule has 106 valence electrons. The van der Waals surface area contributed by atoms with E-state index in [1.807, 2.05) is 21.7 Å². The number of hydrogen-bond acceptors (Lipinski definition) is 3. The molecule has 2 aromatic rings. The Kier molecular flexibility index (Phi) is 3.20. The predicted octanol–water partition coefficient (Wildman–Crippen LogP) is 2.24. The highest BCUT2D eigenvalue weighted by Crippen LogP contribution is 2.38. The van der Waals surface area contributed by atoms with E-state index in [9.17, 15) is 4.79 Å². The number of carbonyl (C=O) groups is 1. The van der Waals surface area contributed by atoms with Gasteiger partial charge in [0.25, 0.3) is 5.91 Å². The molecule has 0 unspecified atom stereocenters. The molecule has 0 radical (unpaired) electrons. The molecule has 3 rings (SSSR count). The number of rotatable bonds is 4. The Labute approximate surface area is 118 Å². The predicted molar refractivity (Wildman–Crippen MR) is 76.4 cm³/mol. The van der Waals surface area contributed by atoms with Crippen molar-refractivity contribution in [2.24, 2.45) is 11.8 Å². The van der Waals surface area contributed by atoms with Crippen molar-refractivity contribution in [2.75, 3.05) is 6.54 Å². The smallest absolute Gasteiger partial charge is 0.276 e. The van der Waals surface area contributed by atoms with Crippen LogP contribution in [0, 0.1) is 11.8 Å². The van der Waals surface area contributed by atoms with Crippen LogP contribution in [-0.4, -0.2) is 37.8 Å². The van der Waals surface area contributed by atoms with Crippen LogP contribution in [0.2, 0.25) is 0 Å². The van der Waals surface area contributed by atoms with E-state index >= 15 is 0 Å². The topological polar surface area (TPSA) is 50.5 Å². The summed E-state index contributed by atoms with van der Waals surface area (Å²) in [4.78, 5) is 23.2. The largest absolute Gasteiger partial charge is 0.334 e. The lowest BCUT2D eigenvalue weighted by molar-refractivity contribution is 0.0689. The average Bonchev–Trinajstić information content (AvgIpc) is 2.91. The number of hydrogen-bond donors (Lipinski definition) is 0. The first-order valence-electron chi connectivity index (χ1n) is 7.16. The highest BCUT2D eigenvalue weighted by atomic mass is 16.2. The Bertz CT molecular complexity index is 634. The van der Waals surface area contributed by atoms with Gasteiger partial charge in [0.2, 0.25) is 0 Å². The van der Waals surface area contributed by atoms with Crippen LogP contribution in [-0.2, 0) is 0 Å². The lowest BCUT2D eigenvalue weighted by atomic mass is 10.2. The van der Waals surface area contributed by atoms with Crippen molar-refractivity contribution >= 4 is 11.6 Å². The van der Waals surface area contributed by atoms with E-state index < -0.39 is 0 Å². The molecule has 1 amide bonds. The number of amides is 1. The van der Waals surface area contributed by atoms with Crippen LogP contribution in [0.3, 0.4) is 0 Å². The molecule has 0 bridgehead atoms. The third-order valence-corrected chi connectivity index (χ3v) is 4.11. The van der Waals surface area contributed by atoms with Gasteiger partial charge in [0, 0.05) is 37.4 Å². The molecule has 0 N–H and O–H groups in total. The third kappa shape index (κ3) is 2.28. The molecule has 1 aliphatic carbocycles. The number of nitrogens with zero attached hydrogens (tertiary/aromatic N) is 4. The summed E-state index contributed by atoms with van der Waals surface area (Å²) in [6.45, 7) is 7.16. The van der Waals surface area contributed by atoms with Crippen molar-refractivity contribution in [1.82, 2.24) is 19.3 Å². The van der Waals surface area contributed by atoms with Gasteiger partial charge in [-0.2, -0.15) is 0 Å². The van der Waals surface area contributed by atoms with Gasteiger partial charge in [0.05, 0.1) is 0 Å². The van der Waals surface area contributed by atoms with Crippen molar-refractivity contribution in [3.05, 3.63) is 30.5 Å². The number of aromatic nitrogens is 3. The Morgan fingerprint density at radius 2 is 2.05 bits per heavy atom. The van der Waals surface area contributed by atoms with Gasteiger partial charge in [0.1, 0.15) is 0 Å². The van der Waals surface area contributed by atoms with E-state index in [4.69, 9.17) is 0 Å². The molecule has 20 heavy (non-hydrogen) atoms. The molecule has 2 atom stereocenters. The maximum Gasteiger partial charge on any atom is 0.276 e. The minimum Gasteiger partial charge on any atom is -0.334 e. The lowest BCUT2D eigenvalue weighted by Crippen LogP contribution is -2.39. The molecule has 0 saturated heterocycles. The summed E-state index contributed by atoms with van der Waals surface area (Å²) in [5, 5.41) is 0. The SMILES string of the molecule is CC(C)N(C[C@H]1C[C@H]1C)C(=O)c1nccn2ccnc12. The minimum absolute atomic E-state index is 0.0177. The minimum atomic E-state index is -0.0177. The highest BCUT2D eigenvalue weighted by molar-refractivity contribution is 5.97. The molecule has 1 aliphatic rings. The van der Waals surface area contributed by atoms with Gasteiger partial charge in [-0.05, 0) is 32.1 Å². The molecule has 0 spiro atoms. The van der Waals surface area contributed by atoms with Crippen LogP contribution < -0.4 is 0 Å². The first-order chi connectivity index (χ1) is 9.58. The molecule has 0 aliphatic heterocycles. The van der Waals surface area contributed by atoms with Crippen molar-refractivity contribution in [2.45, 2.75) is 33.2 Å². The average molecular weight is 272 g/mol. The van der Waals surface area contributed by atoms with Crippen LogP contribution >= 0.6 is 0 Å². The van der Waals surface area contributed by atoms with Gasteiger partial charge in [-0.15, -0.1) is 0 Å². The quantitative estimate of drug-likeness (QED) is 0.857. The molecule has 1 saturated carbocycles. The molecule has 5 heteroatoms. The van der Waals surface area contributed by atoms with Gasteiger partial charge in [-0.25, -0.2) is 9.97 Å². The summed E-state index contributed by atoms with van der Waals surface area (Å²) in [5.74, 6) is 1.36. The summed E-state index contributed by atoms with van der Waals surface area (Å²) >= 11 is 0. The molecular weight excluding hydrogens is 252 g/mol. The third-order valence-electron chi connectivity index (χ3n) is 4.11. The standard InChI is InChI=1S/C15H20N4O/c1-10(2)19(9-12-8-11(12)3)15(20)13-14-17-5-7-18(14)6-4-16-13/h4-7,10-12H,8-9H2,1-3H3/t11-,12-/m1/s1. The number of imidazole rings is 1. The first-order valence-corrected chi connectivity index (χ1v) is 7.16. The lowest BCUT2D eigenvalue weighted by Gasteiger charge is -2.26. The molecule has 5 nitrogen and oxygen atoms in total. The Balaban J connectivity index is 1.90. The summed E-state index contributed by atoms with van der Waals surface area (Å²) in [7, 11) is 0. The number of carbonyl (C=O) groups excluding carboxylic acids is 1. The molecule has 2 heterocycles. The zero-order valence-electron chi connectivity index (χ0n) is 12.2. The van der Waals surface area contributed by atoms with Crippen LogP contribution in [0.15, 0.2) is 24.8 Å². The zero-order valence-corrected chi connectivity index (χ0v) is 12.2. The monoisotopic (exact) mass is 272 g/mol. The fourth-order valence-electron chi connectivity index (χ4n) is 2.58. The maximum atomic E-state index is 12.8. The van der Waals surface area contributed by atoms with E-state index in [0.29, 0.717) is 17.3 Å². The zero-order chi connectivity index (χ0) is 14.3. The molecule has 1 fully saturated rings. The van der Waals surface area contributed by atoms with Gasteiger partial charge >= 0.3 is 0 Å². The molecular formula is C15H20N4O. The number of fused-ring (bicyclic) bond motifs is 1. The van der Waals surface area contributed by atoms with E-state index in [2.05, 4.69) is 30.7 Å². The fourth-order valence-corrected chi connectivity index (χ4v) is 2.58. The Hall–Kier alpha value is -1.91. The summed E-state index contributed by atoms with van der Waals surface area (Å²) in [5.41, 5.74) is 1.08. The van der Waals surface area contributed by atoms with Crippen LogP contribution in [0.1, 0.15) is 37.7 Å². The van der Waals surface area contributed by atoms with Gasteiger partial charge in [-0.3, -0.25) is 4.79 Å². The van der Waals surface area contributed by atoms with Crippen molar-refractivity contribution in [3.63, 3.8) is 0 Å². The van der Waals surface area contributed by atoms with Crippen LogP contribution in [0.5, 0.6) is 0 Å². The van der Waals surface area contributed by atoms with Gasteiger partial charge in [-0.1, -0.05) is 6.92 Å². The van der Waals surface area contributed by atoms with Crippen LogP contribution in [0.4, 0.5) is 0 Å². The van der Waals surface area contributed by atoms with Crippen molar-refractivity contribution in [1.29, 1.82) is 0 Å². The fraction of sp³-hybridized carbons (Fsp3) is 0.533. The Morgan fingerprint density at radius 3 is 2.65 bits per heavy atom. The molecule has 2 aromatic heterocycles. The summed E-state index contributed by atoms with van der Waals surface area (Å²) in [6, 6.07) is 0.173.